The van der Waals surface area contributed by atoms with Crippen LogP contribution < -0.4 is 0 Å². The van der Waals surface area contributed by atoms with E-state index in [4.69, 9.17) is 9.97 Å². The lowest BCUT2D eigenvalue weighted by molar-refractivity contribution is 0.820. The lowest BCUT2D eigenvalue weighted by Crippen LogP contribution is -2.05. The Morgan fingerprint density at radius 2 is 1.41 bits per heavy atom. The minimum absolute atomic E-state index is 0.364. The summed E-state index contributed by atoms with van der Waals surface area (Å²) in [6.07, 6.45) is 9.12. The Balaban J connectivity index is 1.32. The Morgan fingerprint density at radius 3 is 2.30 bits per heavy atom. The first-order chi connectivity index (χ1) is 22.8. The van der Waals surface area contributed by atoms with Gasteiger partial charge in [-0.05, 0) is 53.1 Å². The minimum Gasteiger partial charge on any atom is -0.312 e. The second-order valence-electron chi connectivity index (χ2n) is 12.3. The molecule has 9 aromatic rings. The largest absolute Gasteiger partial charge is 0.312 e. The van der Waals surface area contributed by atoms with Crippen molar-refractivity contribution in [3.63, 3.8) is 0 Å². The van der Waals surface area contributed by atoms with Gasteiger partial charge in [-0.3, -0.25) is 4.57 Å². The van der Waals surface area contributed by atoms with Crippen LogP contribution in [0.15, 0.2) is 122 Å². The van der Waals surface area contributed by atoms with Gasteiger partial charge in [0.15, 0.2) is 5.65 Å². The number of nitrogens with zero attached hydrogens (tertiary/aromatic N) is 6. The molecule has 214 valence electrons. The van der Waals surface area contributed by atoms with Crippen molar-refractivity contribution < 1.29 is 0 Å². The second kappa shape index (κ2) is 8.73. The van der Waals surface area contributed by atoms with E-state index in [1.165, 1.54) is 55.0 Å². The van der Waals surface area contributed by atoms with Crippen molar-refractivity contribution in [2.24, 2.45) is 0 Å². The summed E-state index contributed by atoms with van der Waals surface area (Å²) in [6, 6.07) is 36.8. The molecule has 0 spiro atoms. The molecule has 46 heavy (non-hydrogen) atoms. The number of rotatable bonds is 2. The van der Waals surface area contributed by atoms with E-state index in [-0.39, 0.29) is 0 Å². The fraction of sp³-hybridized carbons (Fsp3) is 0.0500. The average molecular weight is 589 g/mol. The highest BCUT2D eigenvalue weighted by Gasteiger charge is 2.35. The number of allylic oxidation sites excluding steroid dienone is 1. The molecule has 5 heterocycles. The molecule has 5 aromatic carbocycles. The van der Waals surface area contributed by atoms with Crippen LogP contribution in [0.1, 0.15) is 29.2 Å². The quantitative estimate of drug-likeness (QED) is 0.202. The van der Waals surface area contributed by atoms with Gasteiger partial charge in [0.25, 0.3) is 0 Å². The molecule has 0 N–H and O–H groups in total. The van der Waals surface area contributed by atoms with E-state index >= 15 is 0 Å². The van der Waals surface area contributed by atoms with Crippen molar-refractivity contribution in [2.75, 3.05) is 0 Å². The fourth-order valence-corrected chi connectivity index (χ4v) is 8.05. The first-order valence-electron chi connectivity index (χ1n) is 15.7. The predicted octanol–water partition coefficient (Wildman–Crippen LogP) is 9.14. The van der Waals surface area contributed by atoms with Crippen LogP contribution in [-0.4, -0.2) is 29.1 Å². The lowest BCUT2D eigenvalue weighted by Gasteiger charge is -2.15. The first-order valence-corrected chi connectivity index (χ1v) is 15.7. The maximum atomic E-state index is 5.25. The molecule has 6 heteroatoms. The summed E-state index contributed by atoms with van der Waals surface area (Å²) >= 11 is 0. The Kier molecular flexibility index (Phi) is 4.60. The molecule has 1 aliphatic carbocycles. The van der Waals surface area contributed by atoms with Crippen molar-refractivity contribution in [3.8, 4) is 22.9 Å². The summed E-state index contributed by atoms with van der Waals surface area (Å²) in [6.45, 7) is 0. The average Bonchev–Trinajstić information content (AvgIpc) is 3.75. The van der Waals surface area contributed by atoms with Gasteiger partial charge in [-0.15, -0.1) is 0 Å². The van der Waals surface area contributed by atoms with E-state index in [0.717, 1.165) is 28.7 Å². The molecule has 0 bridgehead atoms. The van der Waals surface area contributed by atoms with Crippen LogP contribution in [0.25, 0.3) is 83.6 Å². The van der Waals surface area contributed by atoms with Gasteiger partial charge < -0.3 is 4.57 Å². The van der Waals surface area contributed by atoms with Gasteiger partial charge in [0.1, 0.15) is 11.2 Å². The lowest BCUT2D eigenvalue weighted by atomic mass is 9.87. The zero-order valence-electron chi connectivity index (χ0n) is 24.6. The number of benzene rings is 5. The number of aromatic nitrogens is 6. The number of hydrogen-bond donors (Lipinski definition) is 0. The van der Waals surface area contributed by atoms with Crippen LogP contribution in [0, 0.1) is 0 Å². The van der Waals surface area contributed by atoms with E-state index in [0.29, 0.717) is 23.0 Å². The molecule has 11 rings (SSSR count). The summed E-state index contributed by atoms with van der Waals surface area (Å²) in [5.41, 5.74) is 11.8. The van der Waals surface area contributed by atoms with Crippen LogP contribution in [0.3, 0.4) is 0 Å². The van der Waals surface area contributed by atoms with Crippen LogP contribution in [0.4, 0.5) is 0 Å². The molecule has 1 aliphatic heterocycles. The second-order valence-corrected chi connectivity index (χ2v) is 12.3. The fourth-order valence-electron chi connectivity index (χ4n) is 8.05. The highest BCUT2D eigenvalue weighted by molar-refractivity contribution is 6.25. The highest BCUT2D eigenvalue weighted by atomic mass is 15.2. The molecule has 0 radical (unpaired) electrons. The highest BCUT2D eigenvalue weighted by Crippen LogP contribution is 2.51. The molecule has 0 saturated carbocycles. The Bertz CT molecular complexity index is 2790. The van der Waals surface area contributed by atoms with E-state index in [1.807, 2.05) is 18.2 Å². The number of hydrogen-bond acceptors (Lipinski definition) is 4. The molecule has 1 unspecified atom stereocenters. The van der Waals surface area contributed by atoms with Crippen LogP contribution in [0.2, 0.25) is 0 Å². The summed E-state index contributed by atoms with van der Waals surface area (Å²) in [7, 11) is 0. The van der Waals surface area contributed by atoms with Gasteiger partial charge in [-0.25, -0.2) is 15.0 Å². The van der Waals surface area contributed by atoms with E-state index in [1.54, 1.807) is 12.4 Å². The van der Waals surface area contributed by atoms with Gasteiger partial charge in [0, 0.05) is 57.0 Å². The molecule has 0 amide bonds. The third-order valence-corrected chi connectivity index (χ3v) is 9.91. The van der Waals surface area contributed by atoms with Crippen LogP contribution in [-0.2, 0) is 0 Å². The smallest absolute Gasteiger partial charge is 0.237 e. The van der Waals surface area contributed by atoms with Gasteiger partial charge in [0.2, 0.25) is 5.95 Å². The van der Waals surface area contributed by atoms with Gasteiger partial charge in [0.05, 0.1) is 16.6 Å². The van der Waals surface area contributed by atoms with Crippen molar-refractivity contribution in [3.05, 3.63) is 138 Å². The molecule has 4 aromatic heterocycles. The zero-order valence-corrected chi connectivity index (χ0v) is 24.6. The molecule has 0 fully saturated rings. The van der Waals surface area contributed by atoms with Gasteiger partial charge in [-0.2, -0.15) is 4.98 Å². The molecule has 1 atom stereocenters. The van der Waals surface area contributed by atoms with E-state index in [9.17, 15) is 0 Å². The standard InChI is InChI=1S/C40H24N6/c1-2-9-23(10-3-1)36-37-39(42-20-19-41-37)44-40(43-36)46-32-18-17-31-34(35(32)29-21-24-11-4-5-12-25(24)22-33(29)46)28-15-8-14-27-26-13-6-7-16-30(26)45(31)38(27)28/h1-13,15-22,27H,14H2. The van der Waals surface area contributed by atoms with E-state index < -0.39 is 0 Å². The van der Waals surface area contributed by atoms with Crippen molar-refractivity contribution in [2.45, 2.75) is 12.3 Å². The third-order valence-electron chi connectivity index (χ3n) is 9.91. The van der Waals surface area contributed by atoms with Crippen LogP contribution >= 0.6 is 0 Å². The molecular formula is C40H24N6. The molecule has 2 aliphatic rings. The SMILES string of the molecule is C1=Cc2c3n(c4ccc5c(c6cc7ccccc7cc6n5-c5nc(-c6ccccc6)c6nccnc6n5)c24)-c2ccccc2C3C1. The topological polar surface area (TPSA) is 61.4 Å². The van der Waals surface area contributed by atoms with Crippen LogP contribution in [0.5, 0.6) is 0 Å². The number of fused-ring (bicyclic) bond motifs is 12. The van der Waals surface area contributed by atoms with Crippen molar-refractivity contribution in [1.82, 2.24) is 29.1 Å². The Labute approximate surface area is 262 Å². The summed E-state index contributed by atoms with van der Waals surface area (Å²) in [4.78, 5) is 19.6. The predicted molar refractivity (Wildman–Crippen MR) is 185 cm³/mol. The third kappa shape index (κ3) is 3.05. The van der Waals surface area contributed by atoms with E-state index in [2.05, 4.69) is 116 Å². The molecule has 6 nitrogen and oxygen atoms in total. The Hall–Kier alpha value is -6.14. The minimum atomic E-state index is 0.364. The maximum absolute atomic E-state index is 5.25. The van der Waals surface area contributed by atoms with Gasteiger partial charge in [-0.1, -0.05) is 84.9 Å². The maximum Gasteiger partial charge on any atom is 0.237 e. The monoisotopic (exact) mass is 588 g/mol. The summed E-state index contributed by atoms with van der Waals surface area (Å²) in [5.74, 6) is 0.948. The first kappa shape index (κ1) is 24.2. The van der Waals surface area contributed by atoms with Crippen molar-refractivity contribution >= 4 is 60.7 Å². The zero-order chi connectivity index (χ0) is 29.9. The summed E-state index contributed by atoms with van der Waals surface area (Å²) < 4.78 is 4.73. The normalized spacial score (nSPS) is 15.0. The van der Waals surface area contributed by atoms with Gasteiger partial charge >= 0.3 is 0 Å². The molecule has 0 saturated heterocycles. The van der Waals surface area contributed by atoms with Crippen molar-refractivity contribution in [1.29, 1.82) is 0 Å². The Morgan fingerprint density at radius 1 is 0.652 bits per heavy atom. The number of para-hydroxylation sites is 1. The molecular weight excluding hydrogens is 564 g/mol. The summed E-state index contributed by atoms with van der Waals surface area (Å²) in [5, 5.41) is 6.08.